The molecule has 1 aromatic heterocycles. The summed E-state index contributed by atoms with van der Waals surface area (Å²) in [5.41, 5.74) is 1.62. The number of amides is 1. The van der Waals surface area contributed by atoms with Crippen molar-refractivity contribution in [1.29, 1.82) is 0 Å². The van der Waals surface area contributed by atoms with Gasteiger partial charge in [-0.15, -0.1) is 0 Å². The predicted molar refractivity (Wildman–Crippen MR) is 102 cm³/mol. The fourth-order valence-corrected chi connectivity index (χ4v) is 4.88. The third-order valence-corrected chi connectivity index (χ3v) is 6.46. The number of likely N-dealkylation sites (tertiary alicyclic amines) is 1. The zero-order chi connectivity index (χ0) is 17.6. The molecule has 134 valence electrons. The summed E-state index contributed by atoms with van der Waals surface area (Å²) >= 11 is 6.05. The van der Waals surface area contributed by atoms with Crippen LogP contribution in [0.2, 0.25) is 5.02 Å². The molecule has 4 nitrogen and oxygen atoms in total. The van der Waals surface area contributed by atoms with Gasteiger partial charge in [0.05, 0.1) is 0 Å². The van der Waals surface area contributed by atoms with Gasteiger partial charge in [0.15, 0.2) is 0 Å². The van der Waals surface area contributed by atoms with Crippen LogP contribution < -0.4 is 0 Å². The van der Waals surface area contributed by atoms with Crippen LogP contribution in [-0.4, -0.2) is 53.9 Å². The molecule has 1 amide bonds. The lowest BCUT2D eigenvalue weighted by Gasteiger charge is -2.44. The molecule has 5 heteroatoms. The molecule has 0 bridgehead atoms. The maximum Gasteiger partial charge on any atom is 0.270 e. The largest absolute Gasteiger partial charge is 0.351 e. The van der Waals surface area contributed by atoms with E-state index in [9.17, 15) is 4.79 Å². The van der Waals surface area contributed by atoms with E-state index in [1.165, 1.54) is 25.9 Å². The zero-order valence-electron chi connectivity index (χ0n) is 15.0. The summed E-state index contributed by atoms with van der Waals surface area (Å²) in [5.74, 6) is 1.67. The van der Waals surface area contributed by atoms with Crippen LogP contribution in [-0.2, 0) is 0 Å². The molecule has 0 spiro atoms. The summed E-state index contributed by atoms with van der Waals surface area (Å²) in [5, 5.41) is 1.68. The number of hydrogen-bond donors (Lipinski definition) is 1. The van der Waals surface area contributed by atoms with Crippen molar-refractivity contribution < 1.29 is 4.79 Å². The van der Waals surface area contributed by atoms with Crippen LogP contribution >= 0.6 is 11.6 Å². The van der Waals surface area contributed by atoms with Crippen molar-refractivity contribution in [3.05, 3.63) is 35.0 Å². The molecule has 2 aromatic rings. The Morgan fingerprint density at radius 2 is 2.08 bits per heavy atom. The minimum atomic E-state index is 0.0868. The maximum absolute atomic E-state index is 13.0. The first kappa shape index (κ1) is 16.9. The fraction of sp³-hybridized carbons (Fsp3) is 0.550. The highest BCUT2D eigenvalue weighted by atomic mass is 35.5. The first-order valence-corrected chi connectivity index (χ1v) is 9.63. The van der Waals surface area contributed by atoms with Crippen LogP contribution in [0.1, 0.15) is 36.2 Å². The second-order valence-electron chi connectivity index (χ2n) is 7.87. The second-order valence-corrected chi connectivity index (χ2v) is 8.31. The summed E-state index contributed by atoms with van der Waals surface area (Å²) in [7, 11) is 4.18. The number of hydrogen-bond acceptors (Lipinski definition) is 2. The molecule has 2 aliphatic rings. The highest BCUT2D eigenvalue weighted by molar-refractivity contribution is 6.31. The summed E-state index contributed by atoms with van der Waals surface area (Å²) in [6.45, 7) is 2.41. The zero-order valence-corrected chi connectivity index (χ0v) is 15.7. The van der Waals surface area contributed by atoms with Crippen LogP contribution in [0.5, 0.6) is 0 Å². The van der Waals surface area contributed by atoms with Gasteiger partial charge in [-0.1, -0.05) is 11.6 Å². The van der Waals surface area contributed by atoms with Gasteiger partial charge in [-0.2, -0.15) is 0 Å². The van der Waals surface area contributed by atoms with Gasteiger partial charge < -0.3 is 14.8 Å². The first-order valence-electron chi connectivity index (χ1n) is 9.25. The number of piperidine rings is 1. The van der Waals surface area contributed by atoms with E-state index in [1.807, 2.05) is 36.2 Å². The highest BCUT2D eigenvalue weighted by Crippen LogP contribution is 2.37. The number of halogens is 1. The van der Waals surface area contributed by atoms with E-state index in [0.717, 1.165) is 35.6 Å². The Bertz CT molecular complexity index is 786. The van der Waals surface area contributed by atoms with E-state index >= 15 is 0 Å². The van der Waals surface area contributed by atoms with Crippen LogP contribution in [0, 0.1) is 11.8 Å². The van der Waals surface area contributed by atoms with Gasteiger partial charge in [-0.3, -0.25) is 4.79 Å². The van der Waals surface area contributed by atoms with Crippen molar-refractivity contribution in [3.63, 3.8) is 0 Å². The Morgan fingerprint density at radius 1 is 1.24 bits per heavy atom. The molecule has 1 aromatic carbocycles. The van der Waals surface area contributed by atoms with Gasteiger partial charge >= 0.3 is 0 Å². The van der Waals surface area contributed by atoms with Crippen LogP contribution in [0.25, 0.3) is 10.9 Å². The molecule has 3 atom stereocenters. The third kappa shape index (κ3) is 3.30. The van der Waals surface area contributed by atoms with Gasteiger partial charge in [-0.05, 0) is 75.4 Å². The molecule has 1 N–H and O–H groups in total. The third-order valence-electron chi connectivity index (χ3n) is 6.22. The molecule has 25 heavy (non-hydrogen) atoms. The van der Waals surface area contributed by atoms with E-state index in [0.29, 0.717) is 16.8 Å². The number of carbonyl (C=O) groups is 1. The second kappa shape index (κ2) is 6.65. The Balaban J connectivity index is 1.48. The molecule has 1 aliphatic carbocycles. The average Bonchev–Trinajstić information content (AvgIpc) is 3.03. The van der Waals surface area contributed by atoms with E-state index in [4.69, 9.17) is 11.6 Å². The van der Waals surface area contributed by atoms with E-state index in [2.05, 4.69) is 16.9 Å². The molecular weight excluding hydrogens is 334 g/mol. The number of nitrogens with one attached hydrogen (secondary N) is 1. The van der Waals surface area contributed by atoms with Gasteiger partial charge in [0.2, 0.25) is 0 Å². The molecule has 1 aliphatic heterocycles. The van der Waals surface area contributed by atoms with Crippen molar-refractivity contribution in [2.45, 2.75) is 31.7 Å². The van der Waals surface area contributed by atoms with Crippen molar-refractivity contribution in [2.24, 2.45) is 11.8 Å². The van der Waals surface area contributed by atoms with E-state index in [-0.39, 0.29) is 5.91 Å². The smallest absolute Gasteiger partial charge is 0.270 e. The van der Waals surface area contributed by atoms with Crippen LogP contribution in [0.3, 0.4) is 0 Å². The predicted octanol–water partition coefficient (Wildman–Crippen LogP) is 4.01. The Labute approximate surface area is 154 Å². The molecule has 2 heterocycles. The number of rotatable bonds is 2. The number of aromatic nitrogens is 1. The average molecular weight is 360 g/mol. The van der Waals surface area contributed by atoms with Gasteiger partial charge in [-0.25, -0.2) is 0 Å². The standard InChI is InChI=1S/C20H26ClN3O/c1-23-8-7-13-10-17(5-3-14(13)12-23)24(2)20(25)19-11-15-9-16(21)4-6-18(15)22-19/h4,6,9,11,13-14,17,22H,3,5,7-8,10,12H2,1-2H3. The minimum absolute atomic E-state index is 0.0868. The minimum Gasteiger partial charge on any atom is -0.351 e. The quantitative estimate of drug-likeness (QED) is 0.879. The van der Waals surface area contributed by atoms with Crippen LogP contribution in [0.4, 0.5) is 0 Å². The Morgan fingerprint density at radius 3 is 2.92 bits per heavy atom. The highest BCUT2D eigenvalue weighted by Gasteiger charge is 2.36. The summed E-state index contributed by atoms with van der Waals surface area (Å²) in [4.78, 5) is 20.6. The number of carbonyl (C=O) groups excluding carboxylic acids is 1. The lowest BCUT2D eigenvalue weighted by molar-refractivity contribution is 0.0443. The van der Waals surface area contributed by atoms with Gasteiger partial charge in [0.25, 0.3) is 5.91 Å². The topological polar surface area (TPSA) is 39.3 Å². The maximum atomic E-state index is 13.0. The molecule has 1 saturated heterocycles. The number of H-pyrrole nitrogens is 1. The fourth-order valence-electron chi connectivity index (χ4n) is 4.70. The van der Waals surface area contributed by atoms with Crippen molar-refractivity contribution in [3.8, 4) is 0 Å². The lowest BCUT2D eigenvalue weighted by atomic mass is 9.73. The number of fused-ring (bicyclic) bond motifs is 2. The lowest BCUT2D eigenvalue weighted by Crippen LogP contribution is -2.47. The molecule has 3 unspecified atom stereocenters. The van der Waals surface area contributed by atoms with Crippen molar-refractivity contribution in [2.75, 3.05) is 27.2 Å². The number of aromatic amines is 1. The summed E-state index contributed by atoms with van der Waals surface area (Å²) < 4.78 is 0. The van der Waals surface area contributed by atoms with E-state index in [1.54, 1.807) is 0 Å². The summed E-state index contributed by atoms with van der Waals surface area (Å²) in [6.07, 6.45) is 4.76. The molecule has 4 rings (SSSR count). The van der Waals surface area contributed by atoms with Crippen LogP contribution in [0.15, 0.2) is 24.3 Å². The van der Waals surface area contributed by atoms with Gasteiger partial charge in [0, 0.05) is 35.6 Å². The van der Waals surface area contributed by atoms with Crippen molar-refractivity contribution >= 4 is 28.4 Å². The van der Waals surface area contributed by atoms with Gasteiger partial charge in [0.1, 0.15) is 5.69 Å². The molecular formula is C20H26ClN3O. The molecule has 2 fully saturated rings. The number of nitrogens with zero attached hydrogens (tertiary/aromatic N) is 2. The van der Waals surface area contributed by atoms with E-state index < -0.39 is 0 Å². The van der Waals surface area contributed by atoms with Crippen molar-refractivity contribution in [1.82, 2.24) is 14.8 Å². The molecule has 1 saturated carbocycles. The molecule has 0 radical (unpaired) electrons. The Hall–Kier alpha value is -1.52. The SMILES string of the molecule is CN1CCC2CC(N(C)C(=O)c3cc4cc(Cl)ccc4[nH]3)CCC2C1. The Kier molecular flexibility index (Phi) is 4.50. The normalized spacial score (nSPS) is 27.2. The first-order chi connectivity index (χ1) is 12.0. The summed E-state index contributed by atoms with van der Waals surface area (Å²) in [6, 6.07) is 7.94. The monoisotopic (exact) mass is 359 g/mol. The number of benzene rings is 1.